The molecule has 0 unspecified atom stereocenters. The van der Waals surface area contributed by atoms with E-state index in [2.05, 4.69) is 27.7 Å². The fraction of sp³-hybridized carbons (Fsp3) is 0.360. The van der Waals surface area contributed by atoms with Crippen molar-refractivity contribution in [1.82, 2.24) is 9.66 Å². The van der Waals surface area contributed by atoms with Gasteiger partial charge in [0, 0.05) is 5.92 Å². The van der Waals surface area contributed by atoms with Gasteiger partial charge in [0.1, 0.15) is 5.82 Å². The number of aliphatic carboxylic acids is 1. The Labute approximate surface area is 210 Å². The lowest BCUT2D eigenvalue weighted by molar-refractivity contribution is -0.139. The van der Waals surface area contributed by atoms with Crippen molar-refractivity contribution in [3.63, 3.8) is 0 Å². The molecule has 0 bridgehead atoms. The first-order chi connectivity index (χ1) is 16.5. The lowest BCUT2D eigenvalue weighted by Gasteiger charge is -2.22. The lowest BCUT2D eigenvalue weighted by Crippen LogP contribution is -2.25. The predicted octanol–water partition coefficient (Wildman–Crippen LogP) is 4.79. The zero-order valence-corrected chi connectivity index (χ0v) is 21.0. The first-order valence-electron chi connectivity index (χ1n) is 11.3. The monoisotopic (exact) mass is 575 g/mol. The third-order valence-electron chi connectivity index (χ3n) is 5.74. The summed E-state index contributed by atoms with van der Waals surface area (Å²) in [4.78, 5) is 29.1. The Kier molecular flexibility index (Phi) is 7.81. The van der Waals surface area contributed by atoms with Gasteiger partial charge in [-0.3, -0.25) is 4.79 Å². The molecule has 1 aliphatic rings. The summed E-state index contributed by atoms with van der Waals surface area (Å²) in [5, 5.41) is 14.1. The molecule has 1 saturated carbocycles. The van der Waals surface area contributed by atoms with Crippen LogP contribution in [-0.2, 0) is 4.79 Å². The average Bonchev–Trinajstić information content (AvgIpc) is 2.83. The van der Waals surface area contributed by atoms with E-state index >= 15 is 0 Å². The van der Waals surface area contributed by atoms with E-state index in [1.165, 1.54) is 11.1 Å². The smallest absolute Gasteiger partial charge is 0.341 e. The van der Waals surface area contributed by atoms with Crippen molar-refractivity contribution in [2.45, 2.75) is 44.9 Å². The second kappa shape index (κ2) is 11.0. The molecule has 1 aromatic heterocycles. The lowest BCUT2D eigenvalue weighted by atomic mass is 9.88. The van der Waals surface area contributed by atoms with E-state index in [1.54, 1.807) is 18.3 Å². The molecular weight excluding hydrogens is 549 g/mol. The van der Waals surface area contributed by atoms with Crippen LogP contribution >= 0.6 is 22.6 Å². The minimum absolute atomic E-state index is 0.189. The summed E-state index contributed by atoms with van der Waals surface area (Å²) in [6.07, 6.45) is 7.02. The molecule has 0 atom stereocenters. The van der Waals surface area contributed by atoms with Gasteiger partial charge < -0.3 is 14.6 Å². The van der Waals surface area contributed by atoms with E-state index < -0.39 is 12.6 Å². The Morgan fingerprint density at radius 3 is 2.74 bits per heavy atom. The molecule has 178 valence electrons. The summed E-state index contributed by atoms with van der Waals surface area (Å²) < 4.78 is 13.2. The van der Waals surface area contributed by atoms with Gasteiger partial charge in [-0.25, -0.2) is 9.78 Å². The van der Waals surface area contributed by atoms with E-state index in [1.807, 2.05) is 31.2 Å². The van der Waals surface area contributed by atoms with Gasteiger partial charge in [0.2, 0.25) is 0 Å². The van der Waals surface area contributed by atoms with E-state index in [0.717, 1.165) is 25.7 Å². The zero-order valence-electron chi connectivity index (χ0n) is 18.9. The maximum absolute atomic E-state index is 13.4. The quantitative estimate of drug-likeness (QED) is 0.306. The molecule has 9 heteroatoms. The normalized spacial score (nSPS) is 14.5. The third kappa shape index (κ3) is 5.40. The molecule has 1 heterocycles. The first-order valence-corrected chi connectivity index (χ1v) is 12.4. The number of halogens is 1. The van der Waals surface area contributed by atoms with Gasteiger partial charge in [-0.2, -0.15) is 9.78 Å². The number of benzene rings is 2. The Morgan fingerprint density at radius 2 is 2.00 bits per heavy atom. The molecule has 2 aromatic carbocycles. The van der Waals surface area contributed by atoms with Gasteiger partial charge in [-0.15, -0.1) is 0 Å². The molecule has 0 saturated heterocycles. The Bertz CT molecular complexity index is 1280. The van der Waals surface area contributed by atoms with Crippen LogP contribution in [-0.4, -0.2) is 40.2 Å². The van der Waals surface area contributed by atoms with E-state index in [4.69, 9.17) is 19.6 Å². The van der Waals surface area contributed by atoms with Crippen molar-refractivity contribution in [2.24, 2.45) is 5.10 Å². The number of hydrogen-bond donors (Lipinski definition) is 1. The third-order valence-corrected chi connectivity index (χ3v) is 6.54. The van der Waals surface area contributed by atoms with Crippen LogP contribution in [0.25, 0.3) is 10.9 Å². The van der Waals surface area contributed by atoms with Crippen molar-refractivity contribution < 1.29 is 19.4 Å². The second-order valence-corrected chi connectivity index (χ2v) is 9.29. The van der Waals surface area contributed by atoms with Crippen LogP contribution in [0.5, 0.6) is 11.5 Å². The predicted molar refractivity (Wildman–Crippen MR) is 138 cm³/mol. The molecule has 8 nitrogen and oxygen atoms in total. The highest BCUT2D eigenvalue weighted by Gasteiger charge is 2.22. The highest BCUT2D eigenvalue weighted by atomic mass is 127. The van der Waals surface area contributed by atoms with Crippen molar-refractivity contribution >= 4 is 45.7 Å². The largest absolute Gasteiger partial charge is 0.490 e. The molecule has 3 aromatic rings. The fourth-order valence-electron chi connectivity index (χ4n) is 4.20. The number of carbonyl (C=O) groups is 1. The summed E-state index contributed by atoms with van der Waals surface area (Å²) >= 11 is 2.07. The number of aromatic nitrogens is 2. The van der Waals surface area contributed by atoms with E-state index in [9.17, 15) is 9.59 Å². The number of para-hydroxylation sites is 1. The molecule has 4 rings (SSSR count). The summed E-state index contributed by atoms with van der Waals surface area (Å²) in [7, 11) is 0. The first kappa shape index (κ1) is 24.2. The Hall–Kier alpha value is -2.95. The maximum Gasteiger partial charge on any atom is 0.341 e. The molecule has 1 fully saturated rings. The van der Waals surface area contributed by atoms with Gasteiger partial charge in [0.05, 0.1) is 27.3 Å². The molecular formula is C25H26IN3O5. The van der Waals surface area contributed by atoms with Gasteiger partial charge >= 0.3 is 5.97 Å². The number of rotatable bonds is 8. The molecule has 1 aliphatic carbocycles. The number of nitrogens with zero attached hydrogens (tertiary/aromatic N) is 3. The minimum Gasteiger partial charge on any atom is -0.490 e. The molecule has 0 amide bonds. The molecule has 1 N–H and O–H groups in total. The summed E-state index contributed by atoms with van der Waals surface area (Å²) in [5.41, 5.74) is 1.20. The van der Waals surface area contributed by atoms with Crippen molar-refractivity contribution in [2.75, 3.05) is 13.2 Å². The van der Waals surface area contributed by atoms with Crippen molar-refractivity contribution in [3.8, 4) is 11.5 Å². The highest BCUT2D eigenvalue weighted by molar-refractivity contribution is 14.1. The van der Waals surface area contributed by atoms with Crippen molar-refractivity contribution in [3.05, 3.63) is 61.7 Å². The Morgan fingerprint density at radius 1 is 1.24 bits per heavy atom. The van der Waals surface area contributed by atoms with Crippen LogP contribution in [0.1, 0.15) is 56.3 Å². The van der Waals surface area contributed by atoms with E-state index in [0.29, 0.717) is 44.0 Å². The van der Waals surface area contributed by atoms with Gasteiger partial charge in [0.15, 0.2) is 18.1 Å². The average molecular weight is 575 g/mol. The summed E-state index contributed by atoms with van der Waals surface area (Å²) in [6.45, 7) is 1.76. The minimum atomic E-state index is -1.07. The fourth-order valence-corrected chi connectivity index (χ4v) is 4.98. The molecule has 0 radical (unpaired) electrons. The van der Waals surface area contributed by atoms with Crippen molar-refractivity contribution in [1.29, 1.82) is 0 Å². The number of ether oxygens (including phenoxy) is 2. The second-order valence-electron chi connectivity index (χ2n) is 8.13. The molecule has 0 aliphatic heterocycles. The standard InChI is InChI=1S/C25H26IN3O5/c1-2-33-21-13-16(12-19(26)23(21)34-15-22(30)31)14-27-29-24(17-8-4-3-5-9-17)28-20-11-7-6-10-18(20)25(29)32/h6-7,10-14,17H,2-5,8-9,15H2,1H3,(H,30,31). The highest BCUT2D eigenvalue weighted by Crippen LogP contribution is 2.34. The van der Waals surface area contributed by atoms with Crippen LogP contribution in [0.3, 0.4) is 0 Å². The number of fused-ring (bicyclic) bond motifs is 1. The van der Waals surface area contributed by atoms with Crippen LogP contribution in [0.4, 0.5) is 0 Å². The number of carboxylic acids is 1. The Balaban J connectivity index is 1.76. The van der Waals surface area contributed by atoms with Crippen LogP contribution in [0, 0.1) is 3.57 Å². The van der Waals surface area contributed by atoms with Gasteiger partial charge in [-0.05, 0) is 72.2 Å². The van der Waals surface area contributed by atoms with Crippen LogP contribution in [0.2, 0.25) is 0 Å². The zero-order chi connectivity index (χ0) is 24.1. The van der Waals surface area contributed by atoms with E-state index in [-0.39, 0.29) is 11.5 Å². The van der Waals surface area contributed by atoms with Gasteiger partial charge in [0.25, 0.3) is 5.56 Å². The summed E-state index contributed by atoms with van der Waals surface area (Å²) in [5.74, 6) is 0.611. The summed E-state index contributed by atoms with van der Waals surface area (Å²) in [6, 6.07) is 10.9. The molecule has 34 heavy (non-hydrogen) atoms. The SMILES string of the molecule is CCOc1cc(C=Nn2c(C3CCCCC3)nc3ccccc3c2=O)cc(I)c1OCC(=O)O. The molecule has 0 spiro atoms. The van der Waals surface area contributed by atoms with Gasteiger partial charge in [-0.1, -0.05) is 31.4 Å². The topological polar surface area (TPSA) is 103 Å². The number of hydrogen-bond acceptors (Lipinski definition) is 6. The van der Waals surface area contributed by atoms with Crippen LogP contribution < -0.4 is 15.0 Å². The number of carboxylic acid groups (broad SMARTS) is 1. The maximum atomic E-state index is 13.4. The van der Waals surface area contributed by atoms with Crippen LogP contribution in [0.15, 0.2) is 46.3 Å².